The number of nitriles is 1. The highest BCUT2D eigenvalue weighted by Gasteiger charge is 2.80. The van der Waals surface area contributed by atoms with Crippen LogP contribution in [0.4, 0.5) is 19.4 Å². The molecule has 18 heavy (non-hydrogen) atoms. The summed E-state index contributed by atoms with van der Waals surface area (Å²) in [5.74, 6) is -1.44. The smallest absolute Gasteiger partial charge is 0.292 e. The summed E-state index contributed by atoms with van der Waals surface area (Å²) in [6.45, 7) is 1.41. The molecule has 6 unspecified atom stereocenters. The Balaban J connectivity index is 2.26. The lowest BCUT2D eigenvalue weighted by Crippen LogP contribution is -2.66. The van der Waals surface area contributed by atoms with Crippen molar-refractivity contribution in [1.29, 1.82) is 5.26 Å². The lowest BCUT2D eigenvalue weighted by molar-refractivity contribution is -0.137. The third kappa shape index (κ3) is 2.17. The van der Waals surface area contributed by atoms with E-state index in [9.17, 15) is 19.4 Å². The monoisotopic (exact) mass is 311 g/mol. The number of hydrogen-bond donors (Lipinski definition) is 0. The van der Waals surface area contributed by atoms with Crippen LogP contribution in [0.15, 0.2) is 0 Å². The Hall–Kier alpha value is -0.260. The van der Waals surface area contributed by atoms with Crippen LogP contribution in [0.2, 0.25) is 0 Å². The third-order valence-corrected chi connectivity index (χ3v) is 5.95. The summed E-state index contributed by atoms with van der Waals surface area (Å²) in [6, 6.07) is 1.89. The summed E-state index contributed by atoms with van der Waals surface area (Å²) in [5, 5.41) is 4.15. The Bertz CT molecular complexity index is 420. The molecular formula is C9H11ClF5NOS. The van der Waals surface area contributed by atoms with E-state index >= 15 is 0 Å². The van der Waals surface area contributed by atoms with Crippen LogP contribution in [0, 0.1) is 23.2 Å². The van der Waals surface area contributed by atoms with E-state index in [0.29, 0.717) is 0 Å². The molecule has 1 heterocycles. The van der Waals surface area contributed by atoms with E-state index in [1.807, 2.05) is 6.07 Å². The molecule has 2 nitrogen and oxygen atoms in total. The van der Waals surface area contributed by atoms with Crippen molar-refractivity contribution in [2.75, 3.05) is 0 Å². The number of nitrogens with zero attached hydrogens (tertiary/aromatic N) is 1. The molecular weight excluding hydrogens is 301 g/mol. The summed E-state index contributed by atoms with van der Waals surface area (Å²) in [4.78, 5) is 0. The Labute approximate surface area is 106 Å². The van der Waals surface area contributed by atoms with Gasteiger partial charge in [0, 0.05) is 5.92 Å². The van der Waals surface area contributed by atoms with Crippen LogP contribution >= 0.6 is 21.8 Å². The summed E-state index contributed by atoms with van der Waals surface area (Å²) >= 11 is 5.46. The van der Waals surface area contributed by atoms with Gasteiger partial charge in [-0.3, -0.25) is 0 Å². The van der Waals surface area contributed by atoms with Gasteiger partial charge in [0.25, 0.3) is 10.2 Å². The van der Waals surface area contributed by atoms with Gasteiger partial charge in [0.2, 0.25) is 0 Å². The average Bonchev–Trinajstić information content (AvgIpc) is 2.12. The number of rotatable bonds is 1. The first-order valence-electron chi connectivity index (χ1n) is 5.27. The molecule has 1 aliphatic heterocycles. The van der Waals surface area contributed by atoms with E-state index in [-0.39, 0.29) is 6.42 Å². The second-order valence-corrected chi connectivity index (χ2v) is 7.98. The molecule has 6 atom stereocenters. The van der Waals surface area contributed by atoms with Crippen LogP contribution in [0.25, 0.3) is 0 Å². The van der Waals surface area contributed by atoms with Crippen LogP contribution < -0.4 is 0 Å². The zero-order chi connectivity index (χ0) is 14.0. The first-order valence-corrected chi connectivity index (χ1v) is 7.72. The molecule has 9 heteroatoms. The second-order valence-electron chi connectivity index (χ2n) is 4.88. The first-order chi connectivity index (χ1) is 7.85. The standard InChI is InChI=1S/C9H11ClF5NOS/c1-4-5(3-16)2-6-7(10)9(8(6)17-4)18(11,12,13,14)15/h4-9H,2H2,1H3. The van der Waals surface area contributed by atoms with Gasteiger partial charge in [-0.15, -0.1) is 11.6 Å². The first kappa shape index (κ1) is 14.2. The normalized spacial score (nSPS) is 48.1. The van der Waals surface area contributed by atoms with Gasteiger partial charge in [-0.1, -0.05) is 19.4 Å². The third-order valence-electron chi connectivity index (χ3n) is 3.61. The molecule has 0 amide bonds. The SMILES string of the molecule is CC1OC2C(CC1C#N)C(Cl)C2S(F)(F)(F)(F)F. The predicted octanol–water partition coefficient (Wildman–Crippen LogP) is 4.21. The van der Waals surface area contributed by atoms with Crippen molar-refractivity contribution in [3.05, 3.63) is 0 Å². The van der Waals surface area contributed by atoms with Crippen molar-refractivity contribution in [3.63, 3.8) is 0 Å². The maximum atomic E-state index is 12.8. The molecule has 0 radical (unpaired) electrons. The quantitative estimate of drug-likeness (QED) is 0.537. The van der Waals surface area contributed by atoms with E-state index in [1.165, 1.54) is 6.92 Å². The van der Waals surface area contributed by atoms with Crippen molar-refractivity contribution in [2.24, 2.45) is 11.8 Å². The Morgan fingerprint density at radius 2 is 1.83 bits per heavy atom. The molecule has 1 aliphatic carbocycles. The van der Waals surface area contributed by atoms with Crippen LogP contribution in [-0.2, 0) is 4.74 Å². The Morgan fingerprint density at radius 3 is 2.28 bits per heavy atom. The number of ether oxygens (including phenoxy) is 1. The zero-order valence-electron chi connectivity index (χ0n) is 9.20. The molecule has 0 bridgehead atoms. The van der Waals surface area contributed by atoms with E-state index in [4.69, 9.17) is 21.6 Å². The van der Waals surface area contributed by atoms with Crippen LogP contribution in [0.5, 0.6) is 0 Å². The molecule has 2 fully saturated rings. The molecule has 106 valence electrons. The summed E-state index contributed by atoms with van der Waals surface area (Å²) < 4.78 is 68.7. The number of hydrogen-bond acceptors (Lipinski definition) is 2. The summed E-state index contributed by atoms with van der Waals surface area (Å²) in [6.07, 6.45) is -2.34. The minimum Gasteiger partial charge on any atom is -0.372 e. The van der Waals surface area contributed by atoms with Gasteiger partial charge in [0.1, 0.15) is 5.25 Å². The molecule has 1 saturated carbocycles. The van der Waals surface area contributed by atoms with Crippen molar-refractivity contribution in [1.82, 2.24) is 0 Å². The molecule has 0 aromatic heterocycles. The van der Waals surface area contributed by atoms with E-state index < -0.39 is 44.9 Å². The minimum atomic E-state index is -9.66. The lowest BCUT2D eigenvalue weighted by atomic mass is 9.72. The van der Waals surface area contributed by atoms with Gasteiger partial charge < -0.3 is 4.74 Å². The van der Waals surface area contributed by atoms with Gasteiger partial charge in [0.05, 0.1) is 29.6 Å². The largest absolute Gasteiger partial charge is 0.372 e. The average molecular weight is 312 g/mol. The van der Waals surface area contributed by atoms with Crippen LogP contribution in [-0.4, -0.2) is 22.8 Å². The van der Waals surface area contributed by atoms with Crippen molar-refractivity contribution in [2.45, 2.75) is 36.2 Å². The van der Waals surface area contributed by atoms with Crippen molar-refractivity contribution < 1.29 is 24.2 Å². The van der Waals surface area contributed by atoms with Gasteiger partial charge in [0.15, 0.2) is 0 Å². The topological polar surface area (TPSA) is 33.0 Å². The Kier molecular flexibility index (Phi) is 2.55. The number of alkyl halides is 1. The van der Waals surface area contributed by atoms with Crippen LogP contribution in [0.1, 0.15) is 13.3 Å². The number of halogens is 6. The molecule has 0 spiro atoms. The van der Waals surface area contributed by atoms with E-state index in [2.05, 4.69) is 0 Å². The van der Waals surface area contributed by atoms with Crippen molar-refractivity contribution >= 4 is 21.8 Å². The highest BCUT2D eigenvalue weighted by molar-refractivity contribution is 8.46. The highest BCUT2D eigenvalue weighted by Crippen LogP contribution is 3.02. The molecule has 0 aromatic rings. The van der Waals surface area contributed by atoms with Gasteiger partial charge in [-0.2, -0.15) is 5.26 Å². The predicted molar refractivity (Wildman–Crippen MR) is 58.1 cm³/mol. The molecule has 1 saturated heterocycles. The Morgan fingerprint density at radius 1 is 1.28 bits per heavy atom. The fourth-order valence-electron chi connectivity index (χ4n) is 2.63. The van der Waals surface area contributed by atoms with Crippen LogP contribution in [0.3, 0.4) is 0 Å². The molecule has 2 rings (SSSR count). The van der Waals surface area contributed by atoms with E-state index in [1.54, 1.807) is 0 Å². The lowest BCUT2D eigenvalue weighted by Gasteiger charge is -2.62. The second kappa shape index (κ2) is 3.25. The fourth-order valence-corrected chi connectivity index (χ4v) is 5.07. The van der Waals surface area contributed by atoms with Gasteiger partial charge in [-0.25, -0.2) is 0 Å². The maximum Gasteiger partial charge on any atom is 0.292 e. The summed E-state index contributed by atoms with van der Waals surface area (Å²) in [7, 11) is -9.66. The molecule has 0 aromatic carbocycles. The highest BCUT2D eigenvalue weighted by atomic mass is 35.5. The van der Waals surface area contributed by atoms with Crippen molar-refractivity contribution in [3.8, 4) is 6.07 Å². The van der Waals surface area contributed by atoms with Gasteiger partial charge in [-0.05, 0) is 13.3 Å². The molecule has 2 aliphatic rings. The fraction of sp³-hybridized carbons (Fsp3) is 0.889. The maximum absolute atomic E-state index is 12.8. The molecule has 0 N–H and O–H groups in total. The van der Waals surface area contributed by atoms with Gasteiger partial charge >= 0.3 is 0 Å². The minimum absolute atomic E-state index is 0.0703. The zero-order valence-corrected chi connectivity index (χ0v) is 10.8. The van der Waals surface area contributed by atoms with E-state index in [0.717, 1.165) is 0 Å². The summed E-state index contributed by atoms with van der Waals surface area (Å²) in [5.41, 5.74) is 0. The number of fused-ring (bicyclic) bond motifs is 1.